The van der Waals surface area contributed by atoms with Gasteiger partial charge in [-0.05, 0) is 30.3 Å². The number of benzene rings is 2. The number of anilines is 2. The molecule has 0 saturated heterocycles. The van der Waals surface area contributed by atoms with Gasteiger partial charge in [0.2, 0.25) is 0 Å². The third-order valence-electron chi connectivity index (χ3n) is 2.70. The number of nitrogens with zero attached hydrogens (tertiary/aromatic N) is 1. The van der Waals surface area contributed by atoms with Crippen LogP contribution in [0, 0.1) is 0 Å². The van der Waals surface area contributed by atoms with Crippen LogP contribution in [0.3, 0.4) is 0 Å². The van der Waals surface area contributed by atoms with Crippen molar-refractivity contribution in [2.24, 2.45) is 0 Å². The number of carboxylic acid groups (broad SMARTS) is 1. The number of para-hydroxylation sites is 1. The topological polar surface area (TPSA) is 40.5 Å². The molecule has 0 aromatic heterocycles. The van der Waals surface area contributed by atoms with Crippen LogP contribution in [0.15, 0.2) is 48.5 Å². The highest BCUT2D eigenvalue weighted by molar-refractivity contribution is 6.33. The van der Waals surface area contributed by atoms with E-state index in [2.05, 4.69) is 0 Å². The lowest BCUT2D eigenvalue weighted by molar-refractivity contribution is 0.0697. The fourth-order valence-electron chi connectivity index (χ4n) is 1.70. The van der Waals surface area contributed by atoms with E-state index >= 15 is 0 Å². The quantitative estimate of drug-likeness (QED) is 0.913. The van der Waals surface area contributed by atoms with Gasteiger partial charge in [0, 0.05) is 12.7 Å². The SMILES string of the molecule is CN(c1ccccc1)c1ccc(C(=O)O)cc1Cl. The van der Waals surface area contributed by atoms with Crippen molar-refractivity contribution in [3.63, 3.8) is 0 Å². The number of aromatic carboxylic acids is 1. The Bertz CT molecular complexity index is 569. The molecule has 0 unspecified atom stereocenters. The molecule has 0 atom stereocenters. The summed E-state index contributed by atoms with van der Waals surface area (Å²) in [5.74, 6) is -0.981. The van der Waals surface area contributed by atoms with E-state index in [4.69, 9.17) is 16.7 Å². The molecule has 1 N–H and O–H groups in total. The zero-order chi connectivity index (χ0) is 13.1. The zero-order valence-electron chi connectivity index (χ0n) is 9.80. The number of carboxylic acids is 1. The molecular weight excluding hydrogens is 250 g/mol. The fraction of sp³-hybridized carbons (Fsp3) is 0.0714. The maximum Gasteiger partial charge on any atom is 0.335 e. The van der Waals surface area contributed by atoms with E-state index in [9.17, 15) is 4.79 Å². The van der Waals surface area contributed by atoms with Crippen molar-refractivity contribution in [1.82, 2.24) is 0 Å². The summed E-state index contributed by atoms with van der Waals surface area (Å²) < 4.78 is 0. The summed E-state index contributed by atoms with van der Waals surface area (Å²) in [6.45, 7) is 0. The van der Waals surface area contributed by atoms with Gasteiger partial charge in [-0.25, -0.2) is 4.79 Å². The first-order valence-electron chi connectivity index (χ1n) is 5.41. The van der Waals surface area contributed by atoms with Crippen LogP contribution < -0.4 is 4.90 Å². The molecule has 0 radical (unpaired) electrons. The van der Waals surface area contributed by atoms with Crippen LogP contribution >= 0.6 is 11.6 Å². The van der Waals surface area contributed by atoms with Gasteiger partial charge in [-0.1, -0.05) is 29.8 Å². The van der Waals surface area contributed by atoms with Crippen molar-refractivity contribution < 1.29 is 9.90 Å². The highest BCUT2D eigenvalue weighted by atomic mass is 35.5. The van der Waals surface area contributed by atoms with Gasteiger partial charge in [0.25, 0.3) is 0 Å². The van der Waals surface area contributed by atoms with Crippen molar-refractivity contribution in [2.45, 2.75) is 0 Å². The minimum atomic E-state index is -0.981. The minimum Gasteiger partial charge on any atom is -0.478 e. The van der Waals surface area contributed by atoms with Crippen molar-refractivity contribution >= 4 is 28.9 Å². The van der Waals surface area contributed by atoms with Crippen LogP contribution in [0.2, 0.25) is 5.02 Å². The molecule has 2 rings (SSSR count). The Hall–Kier alpha value is -2.00. The molecule has 3 nitrogen and oxygen atoms in total. The average molecular weight is 262 g/mol. The Kier molecular flexibility index (Phi) is 3.53. The second kappa shape index (κ2) is 5.10. The van der Waals surface area contributed by atoms with Crippen molar-refractivity contribution in [3.05, 3.63) is 59.1 Å². The summed E-state index contributed by atoms with van der Waals surface area (Å²) in [5, 5.41) is 9.30. The first-order chi connectivity index (χ1) is 8.59. The molecule has 0 aliphatic carbocycles. The second-order valence-corrected chi connectivity index (χ2v) is 4.27. The van der Waals surface area contributed by atoms with Crippen molar-refractivity contribution in [2.75, 3.05) is 11.9 Å². The van der Waals surface area contributed by atoms with E-state index in [0.717, 1.165) is 11.4 Å². The van der Waals surface area contributed by atoms with Crippen molar-refractivity contribution in [3.8, 4) is 0 Å². The first kappa shape index (κ1) is 12.5. The maximum absolute atomic E-state index is 10.8. The summed E-state index contributed by atoms with van der Waals surface area (Å²) in [5.41, 5.74) is 1.94. The molecule has 0 bridgehead atoms. The van der Waals surface area contributed by atoms with Gasteiger partial charge < -0.3 is 10.0 Å². The number of halogens is 1. The van der Waals surface area contributed by atoms with Gasteiger partial charge in [-0.15, -0.1) is 0 Å². The molecule has 0 aliphatic rings. The molecule has 18 heavy (non-hydrogen) atoms. The van der Waals surface area contributed by atoms with Gasteiger partial charge in [0.15, 0.2) is 0 Å². The molecular formula is C14H12ClNO2. The first-order valence-corrected chi connectivity index (χ1v) is 5.79. The maximum atomic E-state index is 10.8. The monoisotopic (exact) mass is 261 g/mol. The van der Waals surface area contributed by atoms with Crippen molar-refractivity contribution in [1.29, 1.82) is 0 Å². The van der Waals surface area contributed by atoms with Gasteiger partial charge in [-0.2, -0.15) is 0 Å². The van der Waals surface area contributed by atoms with Crippen LogP contribution in [0.5, 0.6) is 0 Å². The lowest BCUT2D eigenvalue weighted by Gasteiger charge is -2.20. The van der Waals surface area contributed by atoms with Crippen LogP contribution in [-0.4, -0.2) is 18.1 Å². The van der Waals surface area contributed by atoms with E-state index in [1.165, 1.54) is 6.07 Å². The van der Waals surface area contributed by atoms with E-state index < -0.39 is 5.97 Å². The average Bonchev–Trinajstić information content (AvgIpc) is 2.38. The highest BCUT2D eigenvalue weighted by Gasteiger charge is 2.11. The zero-order valence-corrected chi connectivity index (χ0v) is 10.6. The Labute approximate surface area is 110 Å². The van der Waals surface area contributed by atoms with Gasteiger partial charge in [0.1, 0.15) is 0 Å². The molecule has 0 fully saturated rings. The summed E-state index contributed by atoms with van der Waals surface area (Å²) in [6.07, 6.45) is 0. The third kappa shape index (κ3) is 2.46. The Morgan fingerprint density at radius 1 is 1.17 bits per heavy atom. The van der Waals surface area contributed by atoms with Crippen LogP contribution in [-0.2, 0) is 0 Å². The summed E-state index contributed by atoms with van der Waals surface area (Å²) in [4.78, 5) is 12.7. The number of hydrogen-bond donors (Lipinski definition) is 1. The molecule has 0 aliphatic heterocycles. The lowest BCUT2D eigenvalue weighted by Crippen LogP contribution is -2.10. The number of carbonyl (C=O) groups is 1. The molecule has 92 valence electrons. The van der Waals surface area contributed by atoms with E-state index in [1.54, 1.807) is 12.1 Å². The molecule has 4 heteroatoms. The molecule has 2 aromatic carbocycles. The number of rotatable bonds is 3. The largest absolute Gasteiger partial charge is 0.478 e. The standard InChI is InChI=1S/C14H12ClNO2/c1-16(11-5-3-2-4-6-11)13-8-7-10(14(17)18)9-12(13)15/h2-9H,1H3,(H,17,18). The van der Waals surface area contributed by atoms with Crippen LogP contribution in [0.25, 0.3) is 0 Å². The molecule has 2 aromatic rings. The lowest BCUT2D eigenvalue weighted by atomic mass is 10.2. The second-order valence-electron chi connectivity index (χ2n) is 3.87. The smallest absolute Gasteiger partial charge is 0.335 e. The molecule has 0 spiro atoms. The molecule has 0 saturated carbocycles. The minimum absolute atomic E-state index is 0.185. The predicted molar refractivity (Wildman–Crippen MR) is 72.9 cm³/mol. The van der Waals surface area contributed by atoms with E-state index in [-0.39, 0.29) is 5.56 Å². The summed E-state index contributed by atoms with van der Waals surface area (Å²) in [6, 6.07) is 14.4. The normalized spacial score (nSPS) is 10.1. The van der Waals surface area contributed by atoms with E-state index in [0.29, 0.717) is 5.02 Å². The van der Waals surface area contributed by atoms with Crippen LogP contribution in [0.1, 0.15) is 10.4 Å². The summed E-state index contributed by atoms with van der Waals surface area (Å²) in [7, 11) is 1.89. The van der Waals surface area contributed by atoms with Gasteiger partial charge >= 0.3 is 5.97 Å². The summed E-state index contributed by atoms with van der Waals surface area (Å²) >= 11 is 6.11. The van der Waals surface area contributed by atoms with E-state index in [1.807, 2.05) is 42.3 Å². The Morgan fingerprint density at radius 3 is 2.39 bits per heavy atom. The van der Waals surface area contributed by atoms with Crippen LogP contribution in [0.4, 0.5) is 11.4 Å². The highest BCUT2D eigenvalue weighted by Crippen LogP contribution is 2.31. The van der Waals surface area contributed by atoms with Gasteiger partial charge in [0.05, 0.1) is 16.3 Å². The Morgan fingerprint density at radius 2 is 1.83 bits per heavy atom. The molecule has 0 amide bonds. The fourth-order valence-corrected chi connectivity index (χ4v) is 2.01. The third-order valence-corrected chi connectivity index (χ3v) is 3.00. The predicted octanol–water partition coefficient (Wildman–Crippen LogP) is 3.81. The Balaban J connectivity index is 2.37. The molecule has 0 heterocycles. The number of hydrogen-bond acceptors (Lipinski definition) is 2. The van der Waals surface area contributed by atoms with Gasteiger partial charge in [-0.3, -0.25) is 0 Å².